The molecule has 1 unspecified atom stereocenters. The highest BCUT2D eigenvalue weighted by Gasteiger charge is 2.31. The first-order valence-corrected chi connectivity index (χ1v) is 7.53. The standard InChI is InChI=1S/C17H20N2O3/c1-12-10-15(18-22-12)16-4-3-9-19(16)17(20)11-13-5-7-14(21-2)8-6-13/h5-8,10,16H,3-4,9,11H2,1-2H3. The van der Waals surface area contributed by atoms with Crippen LogP contribution in [0, 0.1) is 6.92 Å². The van der Waals surface area contributed by atoms with E-state index in [1.807, 2.05) is 42.2 Å². The minimum atomic E-state index is 0.0446. The van der Waals surface area contributed by atoms with Crippen LogP contribution in [0.25, 0.3) is 0 Å². The Balaban J connectivity index is 1.70. The monoisotopic (exact) mass is 300 g/mol. The molecule has 2 aromatic rings. The van der Waals surface area contributed by atoms with E-state index in [0.29, 0.717) is 6.42 Å². The predicted molar refractivity (Wildman–Crippen MR) is 81.6 cm³/mol. The SMILES string of the molecule is COc1ccc(CC(=O)N2CCCC2c2cc(C)on2)cc1. The van der Waals surface area contributed by atoms with Gasteiger partial charge in [0, 0.05) is 12.6 Å². The number of hydrogen-bond acceptors (Lipinski definition) is 4. The van der Waals surface area contributed by atoms with Crippen LogP contribution in [-0.4, -0.2) is 29.6 Å². The average Bonchev–Trinajstić information content (AvgIpc) is 3.16. The van der Waals surface area contributed by atoms with Crippen LogP contribution in [0.3, 0.4) is 0 Å². The van der Waals surface area contributed by atoms with Crippen molar-refractivity contribution >= 4 is 5.91 Å². The lowest BCUT2D eigenvalue weighted by Gasteiger charge is -2.23. The second-order valence-electron chi connectivity index (χ2n) is 5.63. The topological polar surface area (TPSA) is 55.6 Å². The van der Waals surface area contributed by atoms with E-state index in [4.69, 9.17) is 9.26 Å². The molecule has 1 aromatic carbocycles. The summed E-state index contributed by atoms with van der Waals surface area (Å²) in [5.41, 5.74) is 1.85. The number of aromatic nitrogens is 1. The zero-order valence-electron chi connectivity index (χ0n) is 12.9. The fraction of sp³-hybridized carbons (Fsp3) is 0.412. The quantitative estimate of drug-likeness (QED) is 0.871. The molecule has 0 N–H and O–H groups in total. The molecule has 2 heterocycles. The van der Waals surface area contributed by atoms with E-state index in [1.54, 1.807) is 7.11 Å². The van der Waals surface area contributed by atoms with Crippen molar-refractivity contribution in [1.29, 1.82) is 0 Å². The second kappa shape index (κ2) is 6.22. The minimum Gasteiger partial charge on any atom is -0.497 e. The molecular weight excluding hydrogens is 280 g/mol. The van der Waals surface area contributed by atoms with Crippen LogP contribution < -0.4 is 4.74 Å². The van der Waals surface area contributed by atoms with Gasteiger partial charge in [-0.25, -0.2) is 0 Å². The Morgan fingerprint density at radius 1 is 1.41 bits per heavy atom. The van der Waals surface area contributed by atoms with Gasteiger partial charge < -0.3 is 14.2 Å². The molecule has 22 heavy (non-hydrogen) atoms. The summed E-state index contributed by atoms with van der Waals surface area (Å²) in [6.07, 6.45) is 2.35. The van der Waals surface area contributed by atoms with E-state index >= 15 is 0 Å². The molecular formula is C17H20N2O3. The van der Waals surface area contributed by atoms with Gasteiger partial charge >= 0.3 is 0 Å². The molecule has 3 rings (SSSR count). The molecule has 0 spiro atoms. The van der Waals surface area contributed by atoms with Crippen molar-refractivity contribution < 1.29 is 14.1 Å². The first kappa shape index (κ1) is 14.6. The number of aryl methyl sites for hydroxylation is 1. The Bertz CT molecular complexity index is 648. The predicted octanol–water partition coefficient (Wildman–Crippen LogP) is 2.90. The molecule has 116 valence electrons. The van der Waals surface area contributed by atoms with Gasteiger partial charge in [-0.15, -0.1) is 0 Å². The Labute approximate surface area is 129 Å². The highest BCUT2D eigenvalue weighted by atomic mass is 16.5. The van der Waals surface area contributed by atoms with Crippen LogP contribution in [0.15, 0.2) is 34.9 Å². The summed E-state index contributed by atoms with van der Waals surface area (Å²) >= 11 is 0. The van der Waals surface area contributed by atoms with Crippen molar-refractivity contribution in [1.82, 2.24) is 10.1 Å². The van der Waals surface area contributed by atoms with Crippen LogP contribution in [0.5, 0.6) is 5.75 Å². The summed E-state index contributed by atoms with van der Waals surface area (Å²) in [4.78, 5) is 14.5. The third-order valence-corrected chi connectivity index (χ3v) is 4.08. The van der Waals surface area contributed by atoms with E-state index in [1.165, 1.54) is 0 Å². The molecule has 0 radical (unpaired) electrons. The number of ether oxygens (including phenoxy) is 1. The van der Waals surface area contributed by atoms with Crippen molar-refractivity contribution in [2.75, 3.05) is 13.7 Å². The van der Waals surface area contributed by atoms with Gasteiger partial charge in [-0.3, -0.25) is 4.79 Å². The van der Waals surface area contributed by atoms with Crippen LogP contribution in [0.2, 0.25) is 0 Å². The normalized spacial score (nSPS) is 17.7. The second-order valence-corrected chi connectivity index (χ2v) is 5.63. The van der Waals surface area contributed by atoms with E-state index in [-0.39, 0.29) is 11.9 Å². The zero-order valence-corrected chi connectivity index (χ0v) is 12.9. The Kier molecular flexibility index (Phi) is 4.13. The maximum Gasteiger partial charge on any atom is 0.227 e. The summed E-state index contributed by atoms with van der Waals surface area (Å²) in [7, 11) is 1.63. The lowest BCUT2D eigenvalue weighted by Crippen LogP contribution is -2.32. The van der Waals surface area contributed by atoms with Gasteiger partial charge in [-0.1, -0.05) is 17.3 Å². The lowest BCUT2D eigenvalue weighted by atomic mass is 10.1. The molecule has 1 fully saturated rings. The third kappa shape index (κ3) is 2.98. The van der Waals surface area contributed by atoms with Crippen LogP contribution in [-0.2, 0) is 11.2 Å². The Hall–Kier alpha value is -2.30. The molecule has 5 heteroatoms. The maximum absolute atomic E-state index is 12.6. The van der Waals surface area contributed by atoms with Crippen molar-refractivity contribution in [3.05, 3.63) is 47.3 Å². The molecule has 1 saturated heterocycles. The number of hydrogen-bond donors (Lipinski definition) is 0. The van der Waals surface area contributed by atoms with Gasteiger partial charge in [0.2, 0.25) is 5.91 Å². The van der Waals surface area contributed by atoms with Gasteiger partial charge in [0.05, 0.1) is 19.6 Å². The number of amides is 1. The fourth-order valence-corrected chi connectivity index (χ4v) is 2.93. The number of carbonyl (C=O) groups is 1. The average molecular weight is 300 g/mol. The van der Waals surface area contributed by atoms with Gasteiger partial charge in [0.1, 0.15) is 17.2 Å². The summed E-state index contributed by atoms with van der Waals surface area (Å²) < 4.78 is 10.3. The van der Waals surface area contributed by atoms with Crippen LogP contribution in [0.1, 0.15) is 35.9 Å². The van der Waals surface area contributed by atoms with E-state index in [2.05, 4.69) is 5.16 Å². The molecule has 0 bridgehead atoms. The van der Waals surface area contributed by atoms with Gasteiger partial charge in [-0.05, 0) is 37.5 Å². The number of carbonyl (C=O) groups excluding carboxylic acids is 1. The summed E-state index contributed by atoms with van der Waals surface area (Å²) in [5, 5.41) is 4.07. The molecule has 0 saturated carbocycles. The summed E-state index contributed by atoms with van der Waals surface area (Å²) in [6.45, 7) is 2.65. The van der Waals surface area contributed by atoms with E-state index in [9.17, 15) is 4.79 Å². The molecule has 1 aromatic heterocycles. The fourth-order valence-electron chi connectivity index (χ4n) is 2.93. The molecule has 1 aliphatic rings. The van der Waals surface area contributed by atoms with Gasteiger partial charge in [0.15, 0.2) is 0 Å². The van der Waals surface area contributed by atoms with E-state index < -0.39 is 0 Å². The molecule has 1 atom stereocenters. The zero-order chi connectivity index (χ0) is 15.5. The van der Waals surface area contributed by atoms with E-state index in [0.717, 1.165) is 42.2 Å². The molecule has 1 amide bonds. The lowest BCUT2D eigenvalue weighted by molar-refractivity contribution is -0.131. The number of likely N-dealkylation sites (tertiary alicyclic amines) is 1. The maximum atomic E-state index is 12.6. The first-order chi connectivity index (χ1) is 10.7. The van der Waals surface area contributed by atoms with Crippen molar-refractivity contribution in [3.8, 4) is 5.75 Å². The van der Waals surface area contributed by atoms with Crippen molar-refractivity contribution in [2.45, 2.75) is 32.2 Å². The van der Waals surface area contributed by atoms with Gasteiger partial charge in [0.25, 0.3) is 0 Å². The minimum absolute atomic E-state index is 0.0446. The Morgan fingerprint density at radius 2 is 2.18 bits per heavy atom. The number of benzene rings is 1. The summed E-state index contributed by atoms with van der Waals surface area (Å²) in [5.74, 6) is 1.71. The van der Waals surface area contributed by atoms with Gasteiger partial charge in [-0.2, -0.15) is 0 Å². The molecule has 0 aliphatic carbocycles. The van der Waals surface area contributed by atoms with Crippen molar-refractivity contribution in [2.24, 2.45) is 0 Å². The van der Waals surface area contributed by atoms with Crippen LogP contribution >= 0.6 is 0 Å². The summed E-state index contributed by atoms with van der Waals surface area (Å²) in [6, 6.07) is 9.59. The largest absolute Gasteiger partial charge is 0.497 e. The third-order valence-electron chi connectivity index (χ3n) is 4.08. The number of rotatable bonds is 4. The Morgan fingerprint density at radius 3 is 2.82 bits per heavy atom. The highest BCUT2D eigenvalue weighted by Crippen LogP contribution is 2.32. The molecule has 1 aliphatic heterocycles. The molecule has 5 nitrogen and oxygen atoms in total. The number of nitrogens with zero attached hydrogens (tertiary/aromatic N) is 2. The first-order valence-electron chi connectivity index (χ1n) is 7.53. The van der Waals surface area contributed by atoms with Crippen LogP contribution in [0.4, 0.5) is 0 Å². The van der Waals surface area contributed by atoms with Crippen molar-refractivity contribution in [3.63, 3.8) is 0 Å². The highest BCUT2D eigenvalue weighted by molar-refractivity contribution is 5.79. The smallest absolute Gasteiger partial charge is 0.227 e. The number of methoxy groups -OCH3 is 1.